The fourth-order valence-corrected chi connectivity index (χ4v) is 2.69. The van der Waals surface area contributed by atoms with Gasteiger partial charge in [0.05, 0.1) is 13.0 Å². The Labute approximate surface area is 168 Å². The minimum Gasteiger partial charge on any atom is -0.489 e. The average Bonchev–Trinajstić information content (AvgIpc) is 2.72. The van der Waals surface area contributed by atoms with Crippen molar-refractivity contribution in [2.45, 2.75) is 13.0 Å². The Kier molecular flexibility index (Phi) is 6.95. The third kappa shape index (κ3) is 6.77. The summed E-state index contributed by atoms with van der Waals surface area (Å²) in [6.07, 6.45) is 0.223. The van der Waals surface area contributed by atoms with Gasteiger partial charge in [0.15, 0.2) is 0 Å². The van der Waals surface area contributed by atoms with Gasteiger partial charge in [0.2, 0.25) is 11.8 Å². The second-order valence-electron chi connectivity index (χ2n) is 6.43. The summed E-state index contributed by atoms with van der Waals surface area (Å²) in [5.74, 6) is -0.475. The van der Waals surface area contributed by atoms with Crippen molar-refractivity contribution >= 4 is 17.5 Å². The predicted octanol–water partition coefficient (Wildman–Crippen LogP) is 3.70. The summed E-state index contributed by atoms with van der Waals surface area (Å²) in [7, 11) is 0. The molecule has 3 rings (SSSR count). The van der Waals surface area contributed by atoms with E-state index >= 15 is 0 Å². The van der Waals surface area contributed by atoms with E-state index in [2.05, 4.69) is 10.6 Å². The van der Waals surface area contributed by atoms with Crippen molar-refractivity contribution in [2.24, 2.45) is 0 Å². The Morgan fingerprint density at radius 3 is 2.38 bits per heavy atom. The molecule has 5 nitrogen and oxygen atoms in total. The first-order chi connectivity index (χ1) is 14.1. The van der Waals surface area contributed by atoms with Crippen LogP contribution in [0.2, 0.25) is 0 Å². The van der Waals surface area contributed by atoms with E-state index in [0.717, 1.165) is 11.1 Å². The molecular weight excluding hydrogens is 371 g/mol. The van der Waals surface area contributed by atoms with Gasteiger partial charge < -0.3 is 15.4 Å². The van der Waals surface area contributed by atoms with E-state index in [-0.39, 0.29) is 37.2 Å². The maximum atomic E-state index is 13.2. The molecule has 0 saturated carbocycles. The summed E-state index contributed by atoms with van der Waals surface area (Å²) in [4.78, 5) is 24.0. The number of rotatable bonds is 8. The van der Waals surface area contributed by atoms with Crippen LogP contribution in [0.5, 0.6) is 5.75 Å². The molecule has 0 heterocycles. The molecule has 0 aromatic heterocycles. The highest BCUT2D eigenvalue weighted by Crippen LogP contribution is 2.16. The van der Waals surface area contributed by atoms with Crippen LogP contribution < -0.4 is 15.4 Å². The van der Waals surface area contributed by atoms with Gasteiger partial charge in [-0.1, -0.05) is 48.5 Å². The van der Waals surface area contributed by atoms with Gasteiger partial charge in [-0.25, -0.2) is 4.39 Å². The number of anilines is 1. The van der Waals surface area contributed by atoms with Crippen molar-refractivity contribution in [3.8, 4) is 5.75 Å². The van der Waals surface area contributed by atoms with Gasteiger partial charge in [-0.3, -0.25) is 9.59 Å². The van der Waals surface area contributed by atoms with Crippen LogP contribution in [0.25, 0.3) is 0 Å². The van der Waals surface area contributed by atoms with E-state index in [0.29, 0.717) is 11.4 Å². The highest BCUT2D eigenvalue weighted by atomic mass is 19.1. The highest BCUT2D eigenvalue weighted by Gasteiger charge is 2.07. The summed E-state index contributed by atoms with van der Waals surface area (Å²) in [6, 6.07) is 22.4. The fraction of sp³-hybridized carbons (Fsp3) is 0.130. The monoisotopic (exact) mass is 392 g/mol. The lowest BCUT2D eigenvalue weighted by Crippen LogP contribution is -2.33. The van der Waals surface area contributed by atoms with Crippen molar-refractivity contribution in [2.75, 3.05) is 11.9 Å². The topological polar surface area (TPSA) is 67.4 Å². The Hall–Kier alpha value is -3.67. The summed E-state index contributed by atoms with van der Waals surface area (Å²) in [5, 5.41) is 5.35. The highest BCUT2D eigenvalue weighted by molar-refractivity contribution is 5.94. The number of benzene rings is 3. The summed E-state index contributed by atoms with van der Waals surface area (Å²) >= 11 is 0. The second-order valence-corrected chi connectivity index (χ2v) is 6.43. The second kappa shape index (κ2) is 10.0. The van der Waals surface area contributed by atoms with Crippen LogP contribution in [0.15, 0.2) is 78.9 Å². The first-order valence-electron chi connectivity index (χ1n) is 9.16. The zero-order chi connectivity index (χ0) is 20.5. The number of carbonyl (C=O) groups excluding carboxylic acids is 2. The van der Waals surface area contributed by atoms with Gasteiger partial charge in [-0.05, 0) is 35.4 Å². The molecule has 0 bridgehead atoms. The van der Waals surface area contributed by atoms with Gasteiger partial charge in [0, 0.05) is 11.8 Å². The minimum atomic E-state index is -0.363. The average molecular weight is 392 g/mol. The molecule has 0 radical (unpaired) electrons. The quantitative estimate of drug-likeness (QED) is 0.614. The number of carbonyl (C=O) groups is 2. The number of hydrogen-bond acceptors (Lipinski definition) is 3. The van der Waals surface area contributed by atoms with E-state index in [1.807, 2.05) is 36.4 Å². The molecule has 3 aromatic rings. The summed E-state index contributed by atoms with van der Waals surface area (Å²) < 4.78 is 18.8. The molecular formula is C23H21FN2O3. The van der Waals surface area contributed by atoms with E-state index in [1.54, 1.807) is 30.3 Å². The molecule has 3 aromatic carbocycles. The molecule has 2 amide bonds. The van der Waals surface area contributed by atoms with Gasteiger partial charge >= 0.3 is 0 Å². The molecule has 0 aliphatic carbocycles. The molecule has 29 heavy (non-hydrogen) atoms. The van der Waals surface area contributed by atoms with Crippen molar-refractivity contribution in [3.05, 3.63) is 95.8 Å². The largest absolute Gasteiger partial charge is 0.489 e. The molecule has 0 aliphatic rings. The SMILES string of the molecule is O=C(Cc1ccccc1)NCC(=O)Nc1cccc(COc2cccc(F)c2)c1. The van der Waals surface area contributed by atoms with E-state index in [4.69, 9.17) is 4.74 Å². The first-order valence-corrected chi connectivity index (χ1v) is 9.16. The van der Waals surface area contributed by atoms with E-state index < -0.39 is 0 Å². The fourth-order valence-electron chi connectivity index (χ4n) is 2.69. The lowest BCUT2D eigenvalue weighted by Gasteiger charge is -2.10. The molecule has 0 fully saturated rings. The molecule has 0 saturated heterocycles. The smallest absolute Gasteiger partial charge is 0.243 e. The molecule has 148 valence electrons. The standard InChI is InChI=1S/C23H21FN2O3/c24-19-9-5-11-21(14-19)29-16-18-8-4-10-20(12-18)26-23(28)15-25-22(27)13-17-6-2-1-3-7-17/h1-12,14H,13,15-16H2,(H,25,27)(H,26,28). The number of ether oxygens (including phenoxy) is 1. The number of halogens is 1. The molecule has 6 heteroatoms. The van der Waals surface area contributed by atoms with Gasteiger partial charge in [-0.2, -0.15) is 0 Å². The lowest BCUT2D eigenvalue weighted by molar-refractivity contribution is -0.123. The minimum absolute atomic E-state index is 0.115. The number of nitrogens with one attached hydrogen (secondary N) is 2. The molecule has 2 N–H and O–H groups in total. The Balaban J connectivity index is 1.46. The molecule has 0 spiro atoms. The first kappa shape index (κ1) is 20.1. The third-order valence-corrected chi connectivity index (χ3v) is 4.07. The molecule has 0 unspecified atom stereocenters. The number of amides is 2. The Morgan fingerprint density at radius 1 is 0.828 bits per heavy atom. The predicted molar refractivity (Wildman–Crippen MR) is 109 cm³/mol. The van der Waals surface area contributed by atoms with E-state index in [9.17, 15) is 14.0 Å². The van der Waals surface area contributed by atoms with Crippen LogP contribution in [0.4, 0.5) is 10.1 Å². The maximum absolute atomic E-state index is 13.2. The van der Waals surface area contributed by atoms with Crippen molar-refractivity contribution in [1.29, 1.82) is 0 Å². The molecule has 0 aliphatic heterocycles. The van der Waals surface area contributed by atoms with Gasteiger partial charge in [0.1, 0.15) is 18.2 Å². The van der Waals surface area contributed by atoms with Gasteiger partial charge in [-0.15, -0.1) is 0 Å². The van der Waals surface area contributed by atoms with Crippen LogP contribution >= 0.6 is 0 Å². The summed E-state index contributed by atoms with van der Waals surface area (Å²) in [6.45, 7) is 0.122. The normalized spacial score (nSPS) is 10.2. The Morgan fingerprint density at radius 2 is 1.59 bits per heavy atom. The molecule has 0 atom stereocenters. The van der Waals surface area contributed by atoms with Gasteiger partial charge in [0.25, 0.3) is 0 Å². The van der Waals surface area contributed by atoms with Crippen LogP contribution in [0.3, 0.4) is 0 Å². The van der Waals surface area contributed by atoms with Crippen LogP contribution in [-0.4, -0.2) is 18.4 Å². The van der Waals surface area contributed by atoms with Crippen LogP contribution in [-0.2, 0) is 22.6 Å². The van der Waals surface area contributed by atoms with Crippen molar-refractivity contribution in [1.82, 2.24) is 5.32 Å². The lowest BCUT2D eigenvalue weighted by atomic mass is 10.1. The van der Waals surface area contributed by atoms with Crippen molar-refractivity contribution < 1.29 is 18.7 Å². The zero-order valence-electron chi connectivity index (χ0n) is 15.7. The van der Waals surface area contributed by atoms with Crippen LogP contribution in [0.1, 0.15) is 11.1 Å². The van der Waals surface area contributed by atoms with Crippen LogP contribution in [0, 0.1) is 5.82 Å². The maximum Gasteiger partial charge on any atom is 0.243 e. The van der Waals surface area contributed by atoms with Crippen molar-refractivity contribution in [3.63, 3.8) is 0 Å². The zero-order valence-corrected chi connectivity index (χ0v) is 15.7. The Bertz CT molecular complexity index is 977. The third-order valence-electron chi connectivity index (χ3n) is 4.07. The summed E-state index contributed by atoms with van der Waals surface area (Å²) in [5.41, 5.74) is 2.30. The van der Waals surface area contributed by atoms with E-state index in [1.165, 1.54) is 12.1 Å². The number of hydrogen-bond donors (Lipinski definition) is 2.